The lowest BCUT2D eigenvalue weighted by Crippen LogP contribution is -2.49. The molecule has 1 aliphatic heterocycles. The quantitative estimate of drug-likeness (QED) is 0.490. The molecule has 7 nitrogen and oxygen atoms in total. The summed E-state index contributed by atoms with van der Waals surface area (Å²) in [6.07, 6.45) is -1.30. The number of aliphatic hydroxyl groups excluding tert-OH is 2. The van der Waals surface area contributed by atoms with Crippen molar-refractivity contribution in [1.82, 2.24) is 15.2 Å². The van der Waals surface area contributed by atoms with Crippen LogP contribution < -0.4 is 5.32 Å². The molecule has 3 aromatic rings. The van der Waals surface area contributed by atoms with Gasteiger partial charge >= 0.3 is 0 Å². The minimum Gasteiger partial charge on any atom is -0.380 e. The van der Waals surface area contributed by atoms with E-state index in [0.717, 1.165) is 21.6 Å². The van der Waals surface area contributed by atoms with Crippen molar-refractivity contribution in [3.05, 3.63) is 86.3 Å². The fourth-order valence-electron chi connectivity index (χ4n) is 3.58. The van der Waals surface area contributed by atoms with Gasteiger partial charge in [-0.3, -0.25) is 9.59 Å². The maximum absolute atomic E-state index is 12.6. The van der Waals surface area contributed by atoms with Gasteiger partial charge in [-0.05, 0) is 28.8 Å². The first-order valence-corrected chi connectivity index (χ1v) is 11.3. The number of nitrogens with one attached hydrogen (secondary N) is 1. The van der Waals surface area contributed by atoms with Gasteiger partial charge in [0.2, 0.25) is 0 Å². The van der Waals surface area contributed by atoms with Gasteiger partial charge in [0.25, 0.3) is 11.8 Å². The Morgan fingerprint density at radius 1 is 1.09 bits per heavy atom. The third-order valence-corrected chi connectivity index (χ3v) is 6.49. The van der Waals surface area contributed by atoms with E-state index in [0.29, 0.717) is 29.5 Å². The normalized spacial score (nSPS) is 14.7. The number of thiazole rings is 1. The predicted octanol–water partition coefficient (Wildman–Crippen LogP) is 2.27. The number of carbonyl (C=O) groups is 2. The predicted molar refractivity (Wildman–Crippen MR) is 121 cm³/mol. The minimum atomic E-state index is -1.86. The van der Waals surface area contributed by atoms with E-state index in [4.69, 9.17) is 11.6 Å². The van der Waals surface area contributed by atoms with Crippen LogP contribution in [0, 0.1) is 0 Å². The average molecular weight is 472 g/mol. The molecule has 0 aliphatic carbocycles. The summed E-state index contributed by atoms with van der Waals surface area (Å²) in [4.78, 5) is 31.6. The van der Waals surface area contributed by atoms with Gasteiger partial charge < -0.3 is 20.4 Å². The first-order chi connectivity index (χ1) is 15.4. The molecule has 4 rings (SSSR count). The van der Waals surface area contributed by atoms with Gasteiger partial charge in [0.05, 0.1) is 6.54 Å². The molecule has 32 heavy (non-hydrogen) atoms. The second-order valence-corrected chi connectivity index (χ2v) is 9.23. The van der Waals surface area contributed by atoms with Gasteiger partial charge in [0.15, 0.2) is 12.2 Å². The van der Waals surface area contributed by atoms with E-state index in [1.807, 2.05) is 48.5 Å². The summed E-state index contributed by atoms with van der Waals surface area (Å²) in [7, 11) is 0. The molecule has 0 unspecified atom stereocenters. The molecule has 3 N–H and O–H groups in total. The van der Waals surface area contributed by atoms with E-state index in [9.17, 15) is 19.8 Å². The number of aliphatic hydroxyl groups is 2. The van der Waals surface area contributed by atoms with Crippen LogP contribution in [0.25, 0.3) is 0 Å². The van der Waals surface area contributed by atoms with Crippen molar-refractivity contribution in [1.29, 1.82) is 0 Å². The molecule has 2 aromatic carbocycles. The Kier molecular flexibility index (Phi) is 6.86. The molecule has 166 valence electrons. The number of carbonyl (C=O) groups excluding carboxylic acids is 2. The number of aromatic nitrogens is 1. The molecule has 2 amide bonds. The lowest BCUT2D eigenvalue weighted by Gasteiger charge is -2.22. The molecule has 2 heterocycles. The highest BCUT2D eigenvalue weighted by Crippen LogP contribution is 2.23. The van der Waals surface area contributed by atoms with Crippen molar-refractivity contribution in [2.45, 2.75) is 38.3 Å². The highest BCUT2D eigenvalue weighted by Gasteiger charge is 2.35. The maximum atomic E-state index is 12.6. The maximum Gasteiger partial charge on any atom is 0.255 e. The van der Waals surface area contributed by atoms with Crippen LogP contribution in [-0.2, 0) is 35.6 Å². The molecule has 0 spiro atoms. The Labute approximate surface area is 194 Å². The SMILES string of the molecule is O=C(NCc1ncc(Cc2cccc(Cl)c2)s1)[C@H](O)[C@@H](O)C(=O)N1Cc2ccccc2C1. The first-order valence-electron chi connectivity index (χ1n) is 10.1. The molecule has 1 aliphatic rings. The van der Waals surface area contributed by atoms with Crippen molar-refractivity contribution in [3.63, 3.8) is 0 Å². The molecule has 0 fully saturated rings. The van der Waals surface area contributed by atoms with E-state index in [1.165, 1.54) is 16.2 Å². The monoisotopic (exact) mass is 471 g/mol. The second-order valence-electron chi connectivity index (χ2n) is 7.60. The number of benzene rings is 2. The number of amides is 2. The Morgan fingerprint density at radius 3 is 2.50 bits per heavy atom. The molecular formula is C23H22ClN3O4S. The second kappa shape index (κ2) is 9.79. The summed E-state index contributed by atoms with van der Waals surface area (Å²) in [6.45, 7) is 0.774. The lowest BCUT2D eigenvalue weighted by molar-refractivity contribution is -0.153. The van der Waals surface area contributed by atoms with E-state index in [1.54, 1.807) is 6.20 Å². The van der Waals surface area contributed by atoms with Crippen molar-refractivity contribution >= 4 is 34.8 Å². The number of fused-ring (bicyclic) bond motifs is 1. The molecule has 9 heteroatoms. The van der Waals surface area contributed by atoms with Crippen molar-refractivity contribution in [2.75, 3.05) is 0 Å². The number of hydrogen-bond acceptors (Lipinski definition) is 6. The smallest absolute Gasteiger partial charge is 0.255 e. The Balaban J connectivity index is 1.28. The third kappa shape index (κ3) is 5.16. The van der Waals surface area contributed by atoms with Crippen molar-refractivity contribution in [3.8, 4) is 0 Å². The van der Waals surface area contributed by atoms with Crippen LogP contribution in [0.1, 0.15) is 26.6 Å². The number of rotatable bonds is 7. The summed E-state index contributed by atoms with van der Waals surface area (Å²) >= 11 is 7.44. The van der Waals surface area contributed by atoms with Crippen LogP contribution in [0.5, 0.6) is 0 Å². The van der Waals surface area contributed by atoms with E-state index in [-0.39, 0.29) is 6.54 Å². The Bertz CT molecular complexity index is 1110. The topological polar surface area (TPSA) is 103 Å². The highest BCUT2D eigenvalue weighted by molar-refractivity contribution is 7.11. The van der Waals surface area contributed by atoms with Crippen LogP contribution in [0.4, 0.5) is 0 Å². The molecular weight excluding hydrogens is 450 g/mol. The van der Waals surface area contributed by atoms with Gasteiger partial charge in [-0.25, -0.2) is 4.98 Å². The molecule has 0 saturated carbocycles. The Hall–Kier alpha value is -2.78. The number of halogens is 1. The summed E-state index contributed by atoms with van der Waals surface area (Å²) in [5.41, 5.74) is 3.03. The van der Waals surface area contributed by atoms with E-state index in [2.05, 4.69) is 10.3 Å². The molecule has 0 saturated heterocycles. The third-order valence-electron chi connectivity index (χ3n) is 5.26. The van der Waals surface area contributed by atoms with Gasteiger partial charge in [-0.15, -0.1) is 11.3 Å². The summed E-state index contributed by atoms with van der Waals surface area (Å²) in [5, 5.41) is 24.3. The van der Waals surface area contributed by atoms with E-state index < -0.39 is 24.0 Å². The first kappa shape index (κ1) is 22.4. The fourth-order valence-corrected chi connectivity index (χ4v) is 4.69. The molecule has 2 atom stereocenters. The zero-order valence-electron chi connectivity index (χ0n) is 17.1. The van der Waals surface area contributed by atoms with Crippen molar-refractivity contribution in [2.24, 2.45) is 0 Å². The minimum absolute atomic E-state index is 0.0895. The molecule has 0 bridgehead atoms. The highest BCUT2D eigenvalue weighted by atomic mass is 35.5. The van der Waals surface area contributed by atoms with Gasteiger partial charge in [-0.1, -0.05) is 48.0 Å². The molecule has 1 aromatic heterocycles. The van der Waals surface area contributed by atoms with Crippen LogP contribution in [0.3, 0.4) is 0 Å². The van der Waals surface area contributed by atoms with Crippen LogP contribution in [0.15, 0.2) is 54.7 Å². The van der Waals surface area contributed by atoms with E-state index >= 15 is 0 Å². The summed E-state index contributed by atoms with van der Waals surface area (Å²) < 4.78 is 0. The van der Waals surface area contributed by atoms with Crippen LogP contribution in [-0.4, -0.2) is 44.1 Å². The summed E-state index contributed by atoms with van der Waals surface area (Å²) in [6, 6.07) is 15.1. The summed E-state index contributed by atoms with van der Waals surface area (Å²) in [5.74, 6) is -1.50. The van der Waals surface area contributed by atoms with Crippen LogP contribution in [0.2, 0.25) is 5.02 Å². The standard InChI is InChI=1S/C23H22ClN3O4S/c24-17-7-3-4-14(8-17)9-18-10-25-19(32-18)11-26-22(30)20(28)21(29)23(31)27-12-15-5-1-2-6-16(15)13-27/h1-8,10,20-21,28-29H,9,11-13H2,(H,26,30)/t20-,21-/m1/s1. The van der Waals surface area contributed by atoms with Gasteiger partial charge in [-0.2, -0.15) is 0 Å². The number of hydrogen-bond donors (Lipinski definition) is 3. The fraction of sp³-hybridized carbons (Fsp3) is 0.261. The Morgan fingerprint density at radius 2 is 1.81 bits per heavy atom. The zero-order chi connectivity index (χ0) is 22.7. The lowest BCUT2D eigenvalue weighted by atomic mass is 10.1. The largest absolute Gasteiger partial charge is 0.380 e. The van der Waals surface area contributed by atoms with Gasteiger partial charge in [0, 0.05) is 35.6 Å². The zero-order valence-corrected chi connectivity index (χ0v) is 18.6. The van der Waals surface area contributed by atoms with Crippen molar-refractivity contribution < 1.29 is 19.8 Å². The number of nitrogens with zero attached hydrogens (tertiary/aromatic N) is 2. The van der Waals surface area contributed by atoms with Crippen LogP contribution >= 0.6 is 22.9 Å². The van der Waals surface area contributed by atoms with Gasteiger partial charge in [0.1, 0.15) is 5.01 Å². The average Bonchev–Trinajstić information content (AvgIpc) is 3.42. The molecule has 0 radical (unpaired) electrons.